The monoisotopic (exact) mass is 424 g/mol. The Labute approximate surface area is 179 Å². The van der Waals surface area contributed by atoms with Crippen LogP contribution in [0, 0.1) is 6.92 Å². The maximum Gasteiger partial charge on any atom is 0.251 e. The number of fused-ring (bicyclic) bond motifs is 1. The molecule has 0 bridgehead atoms. The number of amides is 2. The molecule has 154 valence electrons. The van der Waals surface area contributed by atoms with E-state index in [9.17, 15) is 9.59 Å². The Kier molecular flexibility index (Phi) is 5.57. The van der Waals surface area contributed by atoms with Crippen LogP contribution in [0.3, 0.4) is 0 Å². The highest BCUT2D eigenvalue weighted by molar-refractivity contribution is 6.31. The number of carbonyl (C=O) groups is 2. The molecule has 2 N–H and O–H groups in total. The van der Waals surface area contributed by atoms with Crippen molar-refractivity contribution in [1.29, 1.82) is 0 Å². The molecule has 3 aromatic rings. The van der Waals surface area contributed by atoms with Crippen molar-refractivity contribution in [2.24, 2.45) is 0 Å². The third-order valence-corrected chi connectivity index (χ3v) is 5.25. The number of nitrogens with one attached hydrogen (secondary N) is 2. The van der Waals surface area contributed by atoms with Crippen molar-refractivity contribution in [2.75, 3.05) is 17.7 Å². The molecule has 0 fully saturated rings. The topological polar surface area (TPSA) is 85.2 Å². The Morgan fingerprint density at radius 2 is 2.03 bits per heavy atom. The molecule has 0 saturated carbocycles. The fourth-order valence-corrected chi connectivity index (χ4v) is 3.74. The predicted octanol–water partition coefficient (Wildman–Crippen LogP) is 4.18. The van der Waals surface area contributed by atoms with E-state index in [1.54, 1.807) is 23.9 Å². The summed E-state index contributed by atoms with van der Waals surface area (Å²) in [5.74, 6) is 0.0185. The fraction of sp³-hybridized carbons (Fsp3) is 0.227. The molecule has 2 amide bonds. The number of nitrogens with zero attached hydrogens (tertiary/aromatic N) is 2. The first-order valence-corrected chi connectivity index (χ1v) is 9.88. The molecule has 0 aliphatic carbocycles. The van der Waals surface area contributed by atoms with E-state index in [2.05, 4.69) is 15.7 Å². The lowest BCUT2D eigenvalue weighted by Gasteiger charge is -2.12. The second kappa shape index (κ2) is 8.30. The van der Waals surface area contributed by atoms with E-state index in [1.807, 2.05) is 43.3 Å². The average molecular weight is 425 g/mol. The summed E-state index contributed by atoms with van der Waals surface area (Å²) in [6.07, 6.45) is -0.0485. The van der Waals surface area contributed by atoms with Crippen LogP contribution in [0.25, 0.3) is 11.1 Å². The summed E-state index contributed by atoms with van der Waals surface area (Å²) in [4.78, 5) is 25.3. The molecule has 1 unspecified atom stereocenters. The molecule has 1 atom stereocenters. The molecule has 1 aliphatic heterocycles. The zero-order valence-electron chi connectivity index (χ0n) is 16.6. The molecule has 1 aliphatic rings. The third kappa shape index (κ3) is 3.81. The van der Waals surface area contributed by atoms with Gasteiger partial charge in [-0.3, -0.25) is 9.59 Å². The first-order valence-electron chi connectivity index (χ1n) is 9.50. The molecule has 2 aromatic carbocycles. The Balaban J connectivity index is 1.62. The number of benzene rings is 2. The maximum absolute atomic E-state index is 12.7. The largest absolute Gasteiger partial charge is 0.378 e. The van der Waals surface area contributed by atoms with E-state index >= 15 is 0 Å². The van der Waals surface area contributed by atoms with Crippen LogP contribution in [-0.4, -0.2) is 28.7 Å². The van der Waals surface area contributed by atoms with Crippen molar-refractivity contribution in [1.82, 2.24) is 9.78 Å². The van der Waals surface area contributed by atoms with Crippen LogP contribution >= 0.6 is 11.6 Å². The van der Waals surface area contributed by atoms with Gasteiger partial charge in [0, 0.05) is 23.4 Å². The van der Waals surface area contributed by atoms with Gasteiger partial charge in [0.2, 0.25) is 5.91 Å². The van der Waals surface area contributed by atoms with Gasteiger partial charge in [0.15, 0.2) is 0 Å². The van der Waals surface area contributed by atoms with E-state index in [1.165, 1.54) is 0 Å². The zero-order chi connectivity index (χ0) is 21.3. The number of methoxy groups -OCH3 is 1. The molecule has 0 saturated heterocycles. The number of halogens is 1. The highest BCUT2D eigenvalue weighted by Crippen LogP contribution is 2.38. The van der Waals surface area contributed by atoms with Gasteiger partial charge in [-0.2, -0.15) is 5.10 Å². The first kappa shape index (κ1) is 20.1. The predicted molar refractivity (Wildman–Crippen MR) is 115 cm³/mol. The average Bonchev–Trinajstić information content (AvgIpc) is 3.21. The summed E-state index contributed by atoms with van der Waals surface area (Å²) in [6.45, 7) is 2.17. The van der Waals surface area contributed by atoms with Crippen molar-refractivity contribution >= 4 is 34.9 Å². The first-order chi connectivity index (χ1) is 14.5. The van der Waals surface area contributed by atoms with Gasteiger partial charge in [-0.05, 0) is 30.2 Å². The summed E-state index contributed by atoms with van der Waals surface area (Å²) in [7, 11) is 1.59. The third-order valence-electron chi connectivity index (χ3n) is 5.02. The lowest BCUT2D eigenvalue weighted by atomic mass is 10.1. The second-order valence-corrected chi connectivity index (χ2v) is 7.57. The van der Waals surface area contributed by atoms with Crippen molar-refractivity contribution in [2.45, 2.75) is 26.0 Å². The number of ether oxygens (including phenoxy) is 1. The minimum absolute atomic E-state index is 0.0485. The van der Waals surface area contributed by atoms with Crippen molar-refractivity contribution in [3.63, 3.8) is 0 Å². The highest BCUT2D eigenvalue weighted by Gasteiger charge is 2.37. The number of anilines is 2. The number of rotatable bonds is 6. The number of hydrogen-bond acceptors (Lipinski definition) is 4. The number of hydrogen-bond donors (Lipinski definition) is 2. The van der Waals surface area contributed by atoms with E-state index in [0.717, 1.165) is 16.7 Å². The summed E-state index contributed by atoms with van der Waals surface area (Å²) in [5.41, 5.74) is 3.94. The standard InChI is InChI=1S/C22H21ClN4O3/c1-13-8-9-15(23)10-16(13)24-19(28)11-18-22(29)25-21-20(14-6-4-3-5-7-14)17(12-30-2)26-27(18)21/h3-10,18H,11-12H2,1-2H3,(H,24,28)(H,25,29). The van der Waals surface area contributed by atoms with E-state index in [4.69, 9.17) is 16.3 Å². The summed E-state index contributed by atoms with van der Waals surface area (Å²) in [6, 6.07) is 14.2. The van der Waals surface area contributed by atoms with Crippen LogP contribution in [0.15, 0.2) is 48.5 Å². The zero-order valence-corrected chi connectivity index (χ0v) is 17.4. The molecule has 30 heavy (non-hydrogen) atoms. The lowest BCUT2D eigenvalue weighted by Crippen LogP contribution is -2.24. The molecular weight excluding hydrogens is 404 g/mol. The van der Waals surface area contributed by atoms with Gasteiger partial charge < -0.3 is 15.4 Å². The van der Waals surface area contributed by atoms with Gasteiger partial charge in [-0.1, -0.05) is 48.0 Å². The molecule has 1 aromatic heterocycles. The van der Waals surface area contributed by atoms with E-state index < -0.39 is 6.04 Å². The van der Waals surface area contributed by atoms with Crippen LogP contribution in [0.4, 0.5) is 11.5 Å². The van der Waals surface area contributed by atoms with Gasteiger partial charge >= 0.3 is 0 Å². The number of aryl methyl sites for hydroxylation is 1. The molecule has 2 heterocycles. The molecule has 0 radical (unpaired) electrons. The van der Waals surface area contributed by atoms with Crippen LogP contribution < -0.4 is 10.6 Å². The summed E-state index contributed by atoms with van der Waals surface area (Å²) >= 11 is 6.03. The fourth-order valence-electron chi connectivity index (χ4n) is 3.57. The van der Waals surface area contributed by atoms with E-state index in [-0.39, 0.29) is 18.2 Å². The minimum atomic E-state index is -0.743. The van der Waals surface area contributed by atoms with Crippen molar-refractivity contribution < 1.29 is 14.3 Å². The van der Waals surface area contributed by atoms with Crippen LogP contribution in [-0.2, 0) is 20.9 Å². The van der Waals surface area contributed by atoms with Crippen molar-refractivity contribution in [3.8, 4) is 11.1 Å². The Morgan fingerprint density at radius 1 is 1.27 bits per heavy atom. The quantitative estimate of drug-likeness (QED) is 0.621. The van der Waals surface area contributed by atoms with Gasteiger partial charge in [0.25, 0.3) is 5.91 Å². The smallest absolute Gasteiger partial charge is 0.251 e. The van der Waals surface area contributed by atoms with Crippen LogP contribution in [0.2, 0.25) is 5.02 Å². The molecule has 8 heteroatoms. The van der Waals surface area contributed by atoms with Gasteiger partial charge in [-0.15, -0.1) is 0 Å². The molecular formula is C22H21ClN4O3. The Morgan fingerprint density at radius 3 is 2.77 bits per heavy atom. The second-order valence-electron chi connectivity index (χ2n) is 7.13. The molecule has 4 rings (SSSR count). The maximum atomic E-state index is 12.7. The molecule has 7 nitrogen and oxygen atoms in total. The van der Waals surface area contributed by atoms with Crippen LogP contribution in [0.1, 0.15) is 23.7 Å². The molecule has 0 spiro atoms. The van der Waals surface area contributed by atoms with Gasteiger partial charge in [-0.25, -0.2) is 4.68 Å². The Bertz CT molecular complexity index is 1110. The Hall–Kier alpha value is -3.16. The van der Waals surface area contributed by atoms with Crippen LogP contribution in [0.5, 0.6) is 0 Å². The highest BCUT2D eigenvalue weighted by atomic mass is 35.5. The van der Waals surface area contributed by atoms with Crippen molar-refractivity contribution in [3.05, 3.63) is 64.8 Å². The number of aromatic nitrogens is 2. The SMILES string of the molecule is COCc1nn2c(c1-c1ccccc1)NC(=O)C2CC(=O)Nc1cc(Cl)ccc1C. The van der Waals surface area contributed by atoms with Gasteiger partial charge in [0.1, 0.15) is 11.9 Å². The summed E-state index contributed by atoms with van der Waals surface area (Å²) in [5, 5.41) is 10.8. The number of carbonyl (C=O) groups excluding carboxylic acids is 2. The summed E-state index contributed by atoms with van der Waals surface area (Å²) < 4.78 is 6.88. The lowest BCUT2D eigenvalue weighted by molar-refractivity contribution is -0.123. The normalized spacial score (nSPS) is 15.0. The van der Waals surface area contributed by atoms with Gasteiger partial charge in [0.05, 0.1) is 18.7 Å². The van der Waals surface area contributed by atoms with E-state index in [0.29, 0.717) is 28.8 Å². The minimum Gasteiger partial charge on any atom is -0.378 e.